The molecule has 1 aromatic rings. The van der Waals surface area contributed by atoms with Gasteiger partial charge in [-0.05, 0) is 31.5 Å². The molecule has 0 bridgehead atoms. The molecule has 0 aliphatic rings. The van der Waals surface area contributed by atoms with E-state index in [4.69, 9.17) is 11.0 Å². The van der Waals surface area contributed by atoms with E-state index in [1.807, 2.05) is 6.07 Å². The third-order valence-electron chi connectivity index (χ3n) is 1.90. The van der Waals surface area contributed by atoms with Gasteiger partial charge in [0.25, 0.3) is 0 Å². The highest BCUT2D eigenvalue weighted by Crippen LogP contribution is 2.18. The van der Waals surface area contributed by atoms with Crippen molar-refractivity contribution in [3.05, 3.63) is 28.8 Å². The van der Waals surface area contributed by atoms with Crippen molar-refractivity contribution >= 4 is 11.5 Å². The predicted molar refractivity (Wildman–Crippen MR) is 50.3 cm³/mol. The zero-order chi connectivity index (χ0) is 10.0. The fourth-order valence-corrected chi connectivity index (χ4v) is 1.16. The number of nitrogens with zero attached hydrogens (tertiary/aromatic N) is 1. The van der Waals surface area contributed by atoms with Gasteiger partial charge in [-0.25, -0.2) is 0 Å². The molecule has 3 nitrogen and oxygen atoms in total. The van der Waals surface area contributed by atoms with Crippen LogP contribution in [0.15, 0.2) is 12.1 Å². The highest BCUT2D eigenvalue weighted by molar-refractivity contribution is 5.99. The molecule has 0 atom stereocenters. The molecule has 0 amide bonds. The Balaban J connectivity index is 3.41. The van der Waals surface area contributed by atoms with Crippen molar-refractivity contribution in [3.8, 4) is 6.07 Å². The maximum Gasteiger partial charge on any atom is 0.161 e. The minimum atomic E-state index is -0.117. The third kappa shape index (κ3) is 1.67. The lowest BCUT2D eigenvalue weighted by molar-refractivity contribution is 0.101. The fraction of sp³-hybridized carbons (Fsp3) is 0.200. The van der Waals surface area contributed by atoms with Gasteiger partial charge in [-0.3, -0.25) is 4.79 Å². The van der Waals surface area contributed by atoms with Gasteiger partial charge in [0.2, 0.25) is 0 Å². The van der Waals surface area contributed by atoms with Gasteiger partial charge >= 0.3 is 0 Å². The van der Waals surface area contributed by atoms with Gasteiger partial charge in [-0.2, -0.15) is 5.26 Å². The van der Waals surface area contributed by atoms with E-state index >= 15 is 0 Å². The Morgan fingerprint density at radius 1 is 1.54 bits per heavy atom. The van der Waals surface area contributed by atoms with Crippen LogP contribution in [0.5, 0.6) is 0 Å². The van der Waals surface area contributed by atoms with Gasteiger partial charge in [0, 0.05) is 11.3 Å². The summed E-state index contributed by atoms with van der Waals surface area (Å²) in [5.74, 6) is -0.117. The maximum atomic E-state index is 11.1. The molecule has 0 aliphatic heterocycles. The van der Waals surface area contributed by atoms with Crippen LogP contribution in [0.3, 0.4) is 0 Å². The molecule has 0 aromatic heterocycles. The summed E-state index contributed by atoms with van der Waals surface area (Å²) < 4.78 is 0. The average molecular weight is 174 g/mol. The van der Waals surface area contributed by atoms with Crippen LogP contribution in [0.1, 0.15) is 28.4 Å². The molecule has 66 valence electrons. The first-order valence-electron chi connectivity index (χ1n) is 3.87. The molecule has 2 N–H and O–H groups in total. The first kappa shape index (κ1) is 9.27. The van der Waals surface area contributed by atoms with E-state index < -0.39 is 0 Å². The largest absolute Gasteiger partial charge is 0.398 e. The number of carbonyl (C=O) groups is 1. The first-order valence-corrected chi connectivity index (χ1v) is 3.87. The van der Waals surface area contributed by atoms with Crippen molar-refractivity contribution in [2.24, 2.45) is 0 Å². The molecule has 0 radical (unpaired) electrons. The Morgan fingerprint density at radius 3 is 2.62 bits per heavy atom. The summed E-state index contributed by atoms with van der Waals surface area (Å²) in [7, 11) is 0. The fourth-order valence-electron chi connectivity index (χ4n) is 1.16. The number of carbonyl (C=O) groups excluding carboxylic acids is 1. The van der Waals surface area contributed by atoms with Crippen molar-refractivity contribution in [1.29, 1.82) is 5.26 Å². The standard InChI is InChI=1S/C10H10N2O/c1-6-3-10(12)9(7(2)13)4-8(6)5-11/h3-4H,12H2,1-2H3. The Morgan fingerprint density at radius 2 is 2.15 bits per heavy atom. The van der Waals surface area contributed by atoms with Gasteiger partial charge in [0.05, 0.1) is 11.6 Å². The van der Waals surface area contributed by atoms with Crippen molar-refractivity contribution in [1.82, 2.24) is 0 Å². The quantitative estimate of drug-likeness (QED) is 0.520. The van der Waals surface area contributed by atoms with Gasteiger partial charge in [0.1, 0.15) is 0 Å². The summed E-state index contributed by atoms with van der Waals surface area (Å²) in [6.45, 7) is 3.22. The van der Waals surface area contributed by atoms with E-state index in [0.29, 0.717) is 16.8 Å². The van der Waals surface area contributed by atoms with Crippen LogP contribution >= 0.6 is 0 Å². The molecule has 3 heteroatoms. The highest BCUT2D eigenvalue weighted by Gasteiger charge is 2.07. The number of rotatable bonds is 1. The van der Waals surface area contributed by atoms with Gasteiger partial charge in [-0.1, -0.05) is 0 Å². The molecule has 0 heterocycles. The monoisotopic (exact) mass is 174 g/mol. The molecule has 0 fully saturated rings. The SMILES string of the molecule is CC(=O)c1cc(C#N)c(C)cc1N. The molecule has 0 unspecified atom stereocenters. The van der Waals surface area contributed by atoms with E-state index in [9.17, 15) is 4.79 Å². The number of nitriles is 1. The molecular formula is C10H10N2O. The molecule has 1 rings (SSSR count). The first-order chi connectivity index (χ1) is 6.06. The number of hydrogen-bond donors (Lipinski definition) is 1. The van der Waals surface area contributed by atoms with Crippen LogP contribution in [0.4, 0.5) is 5.69 Å². The highest BCUT2D eigenvalue weighted by atomic mass is 16.1. The molecule has 0 saturated carbocycles. The van der Waals surface area contributed by atoms with Crippen LogP contribution < -0.4 is 5.73 Å². The van der Waals surface area contributed by atoms with E-state index in [1.54, 1.807) is 13.0 Å². The summed E-state index contributed by atoms with van der Waals surface area (Å²) in [6.07, 6.45) is 0. The number of benzene rings is 1. The zero-order valence-corrected chi connectivity index (χ0v) is 7.59. The van der Waals surface area contributed by atoms with E-state index in [1.165, 1.54) is 13.0 Å². The van der Waals surface area contributed by atoms with E-state index in [2.05, 4.69) is 0 Å². The summed E-state index contributed by atoms with van der Waals surface area (Å²) in [4.78, 5) is 11.1. The Kier molecular flexibility index (Phi) is 2.34. The molecule has 0 aliphatic carbocycles. The summed E-state index contributed by atoms with van der Waals surface area (Å²) in [5.41, 5.74) is 7.76. The number of nitrogens with two attached hydrogens (primary N) is 1. The lowest BCUT2D eigenvalue weighted by Crippen LogP contribution is -2.01. The number of nitrogen functional groups attached to an aromatic ring is 1. The molecule has 13 heavy (non-hydrogen) atoms. The van der Waals surface area contributed by atoms with Crippen LogP contribution in [-0.4, -0.2) is 5.78 Å². The average Bonchev–Trinajstić information content (AvgIpc) is 2.03. The second kappa shape index (κ2) is 3.28. The van der Waals surface area contributed by atoms with Crippen molar-refractivity contribution in [3.63, 3.8) is 0 Å². The summed E-state index contributed by atoms with van der Waals surface area (Å²) in [6, 6.07) is 5.19. The number of anilines is 1. The van der Waals surface area contributed by atoms with Gasteiger partial charge < -0.3 is 5.73 Å². The number of ketones is 1. The number of aryl methyl sites for hydroxylation is 1. The Labute approximate surface area is 76.8 Å². The van der Waals surface area contributed by atoms with Crippen molar-refractivity contribution in [2.45, 2.75) is 13.8 Å². The van der Waals surface area contributed by atoms with Crippen LogP contribution in [0, 0.1) is 18.3 Å². The summed E-state index contributed by atoms with van der Waals surface area (Å²) in [5, 5.41) is 8.71. The molecule has 1 aromatic carbocycles. The second-order valence-corrected chi connectivity index (χ2v) is 2.92. The molecule has 0 saturated heterocycles. The summed E-state index contributed by atoms with van der Waals surface area (Å²) >= 11 is 0. The van der Waals surface area contributed by atoms with Crippen molar-refractivity contribution in [2.75, 3.05) is 5.73 Å². The van der Waals surface area contributed by atoms with Crippen LogP contribution in [0.25, 0.3) is 0 Å². The topological polar surface area (TPSA) is 66.9 Å². The molecule has 0 spiro atoms. The van der Waals surface area contributed by atoms with Crippen LogP contribution in [0.2, 0.25) is 0 Å². The molecular weight excluding hydrogens is 164 g/mol. The van der Waals surface area contributed by atoms with Crippen molar-refractivity contribution < 1.29 is 4.79 Å². The van der Waals surface area contributed by atoms with Crippen LogP contribution in [-0.2, 0) is 0 Å². The lowest BCUT2D eigenvalue weighted by Gasteiger charge is -2.04. The maximum absolute atomic E-state index is 11.1. The second-order valence-electron chi connectivity index (χ2n) is 2.92. The Bertz CT molecular complexity index is 402. The van der Waals surface area contributed by atoms with Gasteiger partial charge in [0.15, 0.2) is 5.78 Å². The smallest absolute Gasteiger partial charge is 0.161 e. The third-order valence-corrected chi connectivity index (χ3v) is 1.90. The Hall–Kier alpha value is -1.82. The van der Waals surface area contributed by atoms with E-state index in [0.717, 1.165) is 5.56 Å². The normalized spacial score (nSPS) is 9.31. The van der Waals surface area contributed by atoms with Gasteiger partial charge in [-0.15, -0.1) is 0 Å². The predicted octanol–water partition coefficient (Wildman–Crippen LogP) is 1.65. The van der Waals surface area contributed by atoms with E-state index in [-0.39, 0.29) is 5.78 Å². The zero-order valence-electron chi connectivity index (χ0n) is 7.59. The lowest BCUT2D eigenvalue weighted by atomic mass is 10.0. The number of hydrogen-bond acceptors (Lipinski definition) is 3. The minimum absolute atomic E-state index is 0.117. The minimum Gasteiger partial charge on any atom is -0.398 e. The number of Topliss-reactive ketones (excluding diaryl/α,β-unsaturated/α-hetero) is 1.